The summed E-state index contributed by atoms with van der Waals surface area (Å²) >= 11 is 0. The van der Waals surface area contributed by atoms with Gasteiger partial charge < -0.3 is 15.2 Å². The third kappa shape index (κ3) is 4.91. The molecule has 128 valence electrons. The zero-order valence-electron chi connectivity index (χ0n) is 14.1. The number of rotatable bonds is 7. The Morgan fingerprint density at radius 3 is 2.60 bits per heavy atom. The number of hydrogen-bond donors (Lipinski definition) is 2. The first-order valence-electron chi connectivity index (χ1n) is 8.24. The number of aromatic nitrogens is 3. The van der Waals surface area contributed by atoms with Crippen molar-refractivity contribution >= 4 is 11.7 Å². The van der Waals surface area contributed by atoms with Crippen molar-refractivity contribution < 1.29 is 4.79 Å². The minimum absolute atomic E-state index is 0.0152. The van der Waals surface area contributed by atoms with E-state index in [1.54, 1.807) is 0 Å². The Morgan fingerprint density at radius 2 is 1.88 bits per heavy atom. The van der Waals surface area contributed by atoms with Crippen molar-refractivity contribution in [3.63, 3.8) is 0 Å². The first-order valence-corrected chi connectivity index (χ1v) is 8.24. The van der Waals surface area contributed by atoms with Crippen LogP contribution in [0.2, 0.25) is 0 Å². The summed E-state index contributed by atoms with van der Waals surface area (Å²) in [5, 5.41) is 14.3. The van der Waals surface area contributed by atoms with Crippen LogP contribution in [0.25, 0.3) is 5.82 Å². The molecular weight excluding hydrogens is 314 g/mol. The number of benzene rings is 1. The van der Waals surface area contributed by atoms with Gasteiger partial charge in [-0.1, -0.05) is 29.8 Å². The van der Waals surface area contributed by atoms with Crippen LogP contribution in [0.1, 0.15) is 11.1 Å². The Balaban J connectivity index is 1.40. The maximum atomic E-state index is 11.9. The molecule has 0 radical (unpaired) electrons. The Hall–Kier alpha value is -3.15. The number of anilines is 1. The van der Waals surface area contributed by atoms with Crippen LogP contribution in [0.3, 0.4) is 0 Å². The van der Waals surface area contributed by atoms with E-state index in [1.807, 2.05) is 72.4 Å². The molecule has 0 atom stereocenters. The number of amides is 1. The van der Waals surface area contributed by atoms with E-state index in [2.05, 4.69) is 20.8 Å². The van der Waals surface area contributed by atoms with Crippen LogP contribution in [0.15, 0.2) is 60.9 Å². The summed E-state index contributed by atoms with van der Waals surface area (Å²) in [7, 11) is 0. The third-order valence-corrected chi connectivity index (χ3v) is 3.72. The van der Waals surface area contributed by atoms with E-state index >= 15 is 0 Å². The quantitative estimate of drug-likeness (QED) is 0.650. The second kappa shape index (κ2) is 8.10. The lowest BCUT2D eigenvalue weighted by Crippen LogP contribution is -2.30. The largest absolute Gasteiger partial charge is 0.367 e. The molecule has 0 aliphatic rings. The van der Waals surface area contributed by atoms with Gasteiger partial charge in [-0.15, -0.1) is 10.2 Å². The molecule has 2 heterocycles. The topological polar surface area (TPSA) is 71.8 Å². The molecule has 3 rings (SSSR count). The van der Waals surface area contributed by atoms with E-state index in [1.165, 1.54) is 0 Å². The molecule has 1 aromatic carbocycles. The van der Waals surface area contributed by atoms with Gasteiger partial charge >= 0.3 is 0 Å². The highest BCUT2D eigenvalue weighted by atomic mass is 16.1. The Bertz CT molecular complexity index is 812. The van der Waals surface area contributed by atoms with E-state index in [9.17, 15) is 4.79 Å². The van der Waals surface area contributed by atoms with E-state index in [0.29, 0.717) is 25.3 Å². The van der Waals surface area contributed by atoms with Gasteiger partial charge in [0.05, 0.1) is 6.42 Å². The van der Waals surface area contributed by atoms with Crippen LogP contribution >= 0.6 is 0 Å². The summed E-state index contributed by atoms with van der Waals surface area (Å²) < 4.78 is 1.89. The zero-order chi connectivity index (χ0) is 17.5. The molecule has 0 bridgehead atoms. The normalized spacial score (nSPS) is 10.4. The van der Waals surface area contributed by atoms with Gasteiger partial charge in [0.2, 0.25) is 5.91 Å². The molecule has 0 unspecified atom stereocenters. The standard InChI is InChI=1S/C19H21N5O/c1-15-5-4-6-16(13-15)14-19(25)21-10-9-20-17-7-8-18(23-22-17)24-11-2-3-12-24/h2-8,11-13H,9-10,14H2,1H3,(H,20,22)(H,21,25). The fourth-order valence-corrected chi connectivity index (χ4v) is 2.51. The van der Waals surface area contributed by atoms with Gasteiger partial charge in [0.1, 0.15) is 5.82 Å². The van der Waals surface area contributed by atoms with Gasteiger partial charge in [-0.05, 0) is 36.8 Å². The summed E-state index contributed by atoms with van der Waals surface area (Å²) in [6.45, 7) is 3.15. The molecule has 2 N–H and O–H groups in total. The number of nitrogens with zero attached hydrogens (tertiary/aromatic N) is 3. The number of carbonyl (C=O) groups is 1. The number of hydrogen-bond acceptors (Lipinski definition) is 4. The summed E-state index contributed by atoms with van der Waals surface area (Å²) in [5.41, 5.74) is 2.19. The summed E-state index contributed by atoms with van der Waals surface area (Å²) in [5.74, 6) is 1.47. The van der Waals surface area contributed by atoms with Gasteiger partial charge in [0.15, 0.2) is 5.82 Å². The van der Waals surface area contributed by atoms with E-state index < -0.39 is 0 Å². The SMILES string of the molecule is Cc1cccc(CC(=O)NCCNc2ccc(-n3cccc3)nn2)c1. The molecule has 1 amide bonds. The highest BCUT2D eigenvalue weighted by molar-refractivity contribution is 5.78. The fraction of sp³-hybridized carbons (Fsp3) is 0.211. The molecule has 2 aromatic heterocycles. The minimum Gasteiger partial charge on any atom is -0.367 e. The van der Waals surface area contributed by atoms with Crippen LogP contribution in [-0.2, 0) is 11.2 Å². The highest BCUT2D eigenvalue weighted by Crippen LogP contribution is 2.07. The molecule has 0 saturated heterocycles. The molecule has 0 aliphatic carbocycles. The predicted molar refractivity (Wildman–Crippen MR) is 97.7 cm³/mol. The smallest absolute Gasteiger partial charge is 0.224 e. The van der Waals surface area contributed by atoms with Crippen molar-refractivity contribution in [3.05, 3.63) is 72.1 Å². The maximum Gasteiger partial charge on any atom is 0.224 e. The Labute approximate surface area is 146 Å². The Kier molecular flexibility index (Phi) is 5.41. The van der Waals surface area contributed by atoms with Gasteiger partial charge in [-0.2, -0.15) is 0 Å². The third-order valence-electron chi connectivity index (χ3n) is 3.72. The summed E-state index contributed by atoms with van der Waals surface area (Å²) in [6.07, 6.45) is 4.23. The molecular formula is C19H21N5O. The van der Waals surface area contributed by atoms with Gasteiger partial charge in [0.25, 0.3) is 0 Å². The van der Waals surface area contributed by atoms with Gasteiger partial charge in [0, 0.05) is 25.5 Å². The second-order valence-electron chi connectivity index (χ2n) is 5.81. The maximum absolute atomic E-state index is 11.9. The lowest BCUT2D eigenvalue weighted by atomic mass is 10.1. The lowest BCUT2D eigenvalue weighted by Gasteiger charge is -2.08. The average Bonchev–Trinajstić information content (AvgIpc) is 3.14. The van der Waals surface area contributed by atoms with Crippen molar-refractivity contribution in [1.82, 2.24) is 20.1 Å². The average molecular weight is 335 g/mol. The monoisotopic (exact) mass is 335 g/mol. The van der Waals surface area contributed by atoms with Crippen LogP contribution < -0.4 is 10.6 Å². The predicted octanol–water partition coefficient (Wildman–Crippen LogP) is 2.35. The fourth-order valence-electron chi connectivity index (χ4n) is 2.51. The van der Waals surface area contributed by atoms with E-state index in [0.717, 1.165) is 16.9 Å². The van der Waals surface area contributed by atoms with Crippen molar-refractivity contribution in [3.8, 4) is 5.82 Å². The van der Waals surface area contributed by atoms with Crippen molar-refractivity contribution in [1.29, 1.82) is 0 Å². The van der Waals surface area contributed by atoms with Crippen LogP contribution in [0.5, 0.6) is 0 Å². The van der Waals surface area contributed by atoms with Crippen LogP contribution in [0.4, 0.5) is 5.82 Å². The number of carbonyl (C=O) groups excluding carboxylic acids is 1. The zero-order valence-corrected chi connectivity index (χ0v) is 14.1. The minimum atomic E-state index is 0.0152. The molecule has 0 fully saturated rings. The molecule has 25 heavy (non-hydrogen) atoms. The van der Waals surface area contributed by atoms with Crippen molar-refractivity contribution in [2.45, 2.75) is 13.3 Å². The highest BCUT2D eigenvalue weighted by Gasteiger charge is 2.03. The van der Waals surface area contributed by atoms with Gasteiger partial charge in [-0.25, -0.2) is 0 Å². The Morgan fingerprint density at radius 1 is 1.04 bits per heavy atom. The van der Waals surface area contributed by atoms with E-state index in [-0.39, 0.29) is 5.91 Å². The van der Waals surface area contributed by atoms with Crippen molar-refractivity contribution in [2.75, 3.05) is 18.4 Å². The lowest BCUT2D eigenvalue weighted by molar-refractivity contribution is -0.120. The van der Waals surface area contributed by atoms with Gasteiger partial charge in [-0.3, -0.25) is 4.79 Å². The molecule has 0 aliphatic heterocycles. The van der Waals surface area contributed by atoms with Crippen LogP contribution in [-0.4, -0.2) is 33.8 Å². The second-order valence-corrected chi connectivity index (χ2v) is 5.81. The van der Waals surface area contributed by atoms with Crippen molar-refractivity contribution in [2.24, 2.45) is 0 Å². The molecule has 6 nitrogen and oxygen atoms in total. The first kappa shape index (κ1) is 16.7. The molecule has 6 heteroatoms. The molecule has 0 spiro atoms. The summed E-state index contributed by atoms with van der Waals surface area (Å²) in [6, 6.07) is 15.6. The number of nitrogens with one attached hydrogen (secondary N) is 2. The summed E-state index contributed by atoms with van der Waals surface area (Å²) in [4.78, 5) is 11.9. The number of aryl methyl sites for hydroxylation is 1. The first-order chi connectivity index (χ1) is 12.2. The van der Waals surface area contributed by atoms with E-state index in [4.69, 9.17) is 0 Å². The van der Waals surface area contributed by atoms with Crippen LogP contribution in [0, 0.1) is 6.92 Å². The molecule has 0 saturated carbocycles. The molecule has 3 aromatic rings.